The highest BCUT2D eigenvalue weighted by atomic mass is 35.5. The second kappa shape index (κ2) is 2.89. The Balaban J connectivity index is 2.41. The largest absolute Gasteiger partial charge is 0.508 e. The molecule has 0 atom stereocenters. The summed E-state index contributed by atoms with van der Waals surface area (Å²) >= 11 is 5.75. The van der Waals surface area contributed by atoms with Crippen molar-refractivity contribution in [3.8, 4) is 5.75 Å². The van der Waals surface area contributed by atoms with Gasteiger partial charge in [-0.2, -0.15) is 0 Å². The molecule has 70 valence electrons. The molecule has 0 bridgehead atoms. The summed E-state index contributed by atoms with van der Waals surface area (Å²) in [4.78, 5) is 0. The molecule has 0 radical (unpaired) electrons. The summed E-state index contributed by atoms with van der Waals surface area (Å²) in [7, 11) is 1.92. The summed E-state index contributed by atoms with van der Waals surface area (Å²) in [6.45, 7) is 0. The van der Waals surface area contributed by atoms with E-state index in [0.717, 1.165) is 18.4 Å². The molecular formula is C10H12ClNO. The first-order valence-electron chi connectivity index (χ1n) is 4.36. The third-order valence-electron chi connectivity index (χ3n) is 2.70. The Morgan fingerprint density at radius 2 is 2.15 bits per heavy atom. The molecule has 0 heterocycles. The minimum absolute atomic E-state index is 0.00860. The number of hydrogen-bond acceptors (Lipinski definition) is 2. The number of phenolic OH excluding ortho intramolecular Hbond substituents is 1. The van der Waals surface area contributed by atoms with Gasteiger partial charge in [0.1, 0.15) is 5.75 Å². The first-order chi connectivity index (χ1) is 6.18. The molecule has 2 rings (SSSR count). The molecule has 1 fully saturated rings. The summed E-state index contributed by atoms with van der Waals surface area (Å²) in [6, 6.07) is 5.30. The molecule has 0 unspecified atom stereocenters. The molecule has 1 aliphatic carbocycles. The zero-order valence-electron chi connectivity index (χ0n) is 7.47. The van der Waals surface area contributed by atoms with Gasteiger partial charge in [0.25, 0.3) is 0 Å². The minimum atomic E-state index is 0.00860. The normalized spacial score (nSPS) is 18.6. The molecule has 2 nitrogen and oxygen atoms in total. The average Bonchev–Trinajstić information content (AvgIpc) is 2.85. The van der Waals surface area contributed by atoms with Gasteiger partial charge in [-0.3, -0.25) is 0 Å². The zero-order chi connectivity index (χ0) is 9.47. The highest BCUT2D eigenvalue weighted by Crippen LogP contribution is 2.48. The second-order valence-electron chi connectivity index (χ2n) is 3.49. The van der Waals surface area contributed by atoms with E-state index in [-0.39, 0.29) is 5.54 Å². The van der Waals surface area contributed by atoms with Crippen LogP contribution in [0.25, 0.3) is 0 Å². The van der Waals surface area contributed by atoms with E-state index in [9.17, 15) is 5.11 Å². The van der Waals surface area contributed by atoms with Crippen molar-refractivity contribution in [3.63, 3.8) is 0 Å². The number of aromatic hydroxyl groups is 1. The SMILES string of the molecule is CNC1(c2ccc(Cl)cc2O)CC1. The Morgan fingerprint density at radius 3 is 2.62 bits per heavy atom. The number of nitrogens with one attached hydrogen (secondary N) is 1. The van der Waals surface area contributed by atoms with Crippen LogP contribution in [0.2, 0.25) is 5.02 Å². The molecular weight excluding hydrogens is 186 g/mol. The monoisotopic (exact) mass is 197 g/mol. The maximum Gasteiger partial charge on any atom is 0.122 e. The number of benzene rings is 1. The Bertz CT molecular complexity index is 334. The minimum Gasteiger partial charge on any atom is -0.508 e. The third kappa shape index (κ3) is 1.40. The molecule has 1 aliphatic rings. The van der Waals surface area contributed by atoms with Gasteiger partial charge in [-0.15, -0.1) is 0 Å². The second-order valence-corrected chi connectivity index (χ2v) is 3.93. The van der Waals surface area contributed by atoms with E-state index < -0.39 is 0 Å². The van der Waals surface area contributed by atoms with Crippen LogP contribution in [0.15, 0.2) is 18.2 Å². The van der Waals surface area contributed by atoms with Crippen LogP contribution in [0.4, 0.5) is 0 Å². The van der Waals surface area contributed by atoms with Crippen molar-refractivity contribution >= 4 is 11.6 Å². The lowest BCUT2D eigenvalue weighted by atomic mass is 10.0. The molecule has 0 aromatic heterocycles. The van der Waals surface area contributed by atoms with Gasteiger partial charge in [0, 0.05) is 16.1 Å². The van der Waals surface area contributed by atoms with Gasteiger partial charge >= 0.3 is 0 Å². The van der Waals surface area contributed by atoms with Gasteiger partial charge in [0.05, 0.1) is 0 Å². The molecule has 2 N–H and O–H groups in total. The van der Waals surface area contributed by atoms with Crippen molar-refractivity contribution in [2.24, 2.45) is 0 Å². The van der Waals surface area contributed by atoms with Crippen molar-refractivity contribution in [2.45, 2.75) is 18.4 Å². The Kier molecular flexibility index (Phi) is 1.97. The van der Waals surface area contributed by atoms with Crippen LogP contribution < -0.4 is 5.32 Å². The van der Waals surface area contributed by atoms with Gasteiger partial charge in [0.2, 0.25) is 0 Å². The molecule has 0 amide bonds. The predicted octanol–water partition coefficient (Wildman–Crippen LogP) is 2.25. The fraction of sp³-hybridized carbons (Fsp3) is 0.400. The van der Waals surface area contributed by atoms with Crippen LogP contribution >= 0.6 is 11.6 Å². The zero-order valence-corrected chi connectivity index (χ0v) is 8.23. The van der Waals surface area contributed by atoms with E-state index in [1.807, 2.05) is 19.2 Å². The van der Waals surface area contributed by atoms with E-state index >= 15 is 0 Å². The first kappa shape index (κ1) is 8.85. The van der Waals surface area contributed by atoms with Crippen molar-refractivity contribution in [1.82, 2.24) is 5.32 Å². The van der Waals surface area contributed by atoms with E-state index in [4.69, 9.17) is 11.6 Å². The van der Waals surface area contributed by atoms with Gasteiger partial charge in [-0.25, -0.2) is 0 Å². The van der Waals surface area contributed by atoms with Gasteiger partial charge in [-0.1, -0.05) is 17.7 Å². The lowest BCUT2D eigenvalue weighted by Crippen LogP contribution is -2.24. The predicted molar refractivity (Wildman–Crippen MR) is 53.1 cm³/mol. The fourth-order valence-corrected chi connectivity index (χ4v) is 1.85. The number of hydrogen-bond donors (Lipinski definition) is 2. The van der Waals surface area contributed by atoms with Crippen LogP contribution in [0, 0.1) is 0 Å². The van der Waals surface area contributed by atoms with Gasteiger partial charge < -0.3 is 10.4 Å². The summed E-state index contributed by atoms with van der Waals surface area (Å²) < 4.78 is 0. The molecule has 1 aromatic rings. The van der Waals surface area contributed by atoms with Crippen molar-refractivity contribution < 1.29 is 5.11 Å². The maximum absolute atomic E-state index is 9.67. The maximum atomic E-state index is 9.67. The summed E-state index contributed by atoms with van der Waals surface area (Å²) in [5.41, 5.74) is 0.966. The Hall–Kier alpha value is -0.730. The van der Waals surface area contributed by atoms with E-state index in [2.05, 4.69) is 5.32 Å². The Labute approximate surface area is 82.5 Å². The molecule has 1 aromatic carbocycles. The highest BCUT2D eigenvalue weighted by molar-refractivity contribution is 6.30. The number of phenols is 1. The van der Waals surface area contributed by atoms with Gasteiger partial charge in [0.15, 0.2) is 0 Å². The van der Waals surface area contributed by atoms with E-state index in [1.165, 1.54) is 0 Å². The number of halogens is 1. The van der Waals surface area contributed by atoms with Gasteiger partial charge in [-0.05, 0) is 32.0 Å². The lowest BCUT2D eigenvalue weighted by molar-refractivity contribution is 0.449. The molecule has 0 spiro atoms. The van der Waals surface area contributed by atoms with E-state index in [0.29, 0.717) is 10.8 Å². The molecule has 0 saturated heterocycles. The topological polar surface area (TPSA) is 32.3 Å². The summed E-state index contributed by atoms with van der Waals surface area (Å²) in [5, 5.41) is 13.5. The van der Waals surface area contributed by atoms with Crippen molar-refractivity contribution in [1.29, 1.82) is 0 Å². The van der Waals surface area contributed by atoms with Crippen LogP contribution in [0.1, 0.15) is 18.4 Å². The molecule has 0 aliphatic heterocycles. The van der Waals surface area contributed by atoms with Crippen molar-refractivity contribution in [2.75, 3.05) is 7.05 Å². The lowest BCUT2D eigenvalue weighted by Gasteiger charge is -2.15. The third-order valence-corrected chi connectivity index (χ3v) is 2.94. The van der Waals surface area contributed by atoms with Crippen molar-refractivity contribution in [3.05, 3.63) is 28.8 Å². The molecule has 3 heteroatoms. The quantitative estimate of drug-likeness (QED) is 0.763. The van der Waals surface area contributed by atoms with Crippen LogP contribution in [0.3, 0.4) is 0 Å². The highest BCUT2D eigenvalue weighted by Gasteiger charge is 2.44. The Morgan fingerprint density at radius 1 is 1.46 bits per heavy atom. The first-order valence-corrected chi connectivity index (χ1v) is 4.74. The fourth-order valence-electron chi connectivity index (χ4n) is 1.69. The van der Waals surface area contributed by atoms with Crippen LogP contribution in [-0.2, 0) is 5.54 Å². The molecule has 13 heavy (non-hydrogen) atoms. The molecule has 1 saturated carbocycles. The number of rotatable bonds is 2. The summed E-state index contributed by atoms with van der Waals surface area (Å²) in [5.74, 6) is 0.291. The smallest absolute Gasteiger partial charge is 0.122 e. The standard InChI is InChI=1S/C10H12ClNO/c1-12-10(4-5-10)8-3-2-7(11)6-9(8)13/h2-3,6,12-13H,4-5H2,1H3. The van der Waals surface area contributed by atoms with Crippen LogP contribution in [-0.4, -0.2) is 12.2 Å². The van der Waals surface area contributed by atoms with Crippen LogP contribution in [0.5, 0.6) is 5.75 Å². The van der Waals surface area contributed by atoms with E-state index in [1.54, 1.807) is 6.07 Å². The average molecular weight is 198 g/mol. The summed E-state index contributed by atoms with van der Waals surface area (Å²) in [6.07, 6.45) is 2.16.